The zero-order valence-corrected chi connectivity index (χ0v) is 11.1. The summed E-state index contributed by atoms with van der Waals surface area (Å²) >= 11 is 5.77. The molecule has 6 heteroatoms. The summed E-state index contributed by atoms with van der Waals surface area (Å²) in [6, 6.07) is 3.30. The van der Waals surface area contributed by atoms with E-state index in [1.54, 1.807) is 19.1 Å². The zero-order chi connectivity index (χ0) is 13.1. The number of aromatic nitrogens is 1. The summed E-state index contributed by atoms with van der Waals surface area (Å²) in [4.78, 5) is 5.97. The number of nitrogens with two attached hydrogens (primary N) is 1. The minimum atomic E-state index is -0.861. The van der Waals surface area contributed by atoms with Gasteiger partial charge in [-0.3, -0.25) is 0 Å². The standard InChI is InChI=1S/C11H19ClN4O/c1-11(17,7-16(2)3)6-14-10-8(13)4-5-9(12)15-10/h4-5,17H,6-7,13H2,1-3H3,(H,14,15). The lowest BCUT2D eigenvalue weighted by Crippen LogP contribution is -2.43. The number of nitrogen functional groups attached to an aromatic ring is 1. The van der Waals surface area contributed by atoms with Crippen molar-refractivity contribution in [3.05, 3.63) is 17.3 Å². The maximum absolute atomic E-state index is 10.1. The molecule has 1 atom stereocenters. The van der Waals surface area contributed by atoms with Gasteiger partial charge in [-0.2, -0.15) is 0 Å². The Morgan fingerprint density at radius 3 is 2.76 bits per heavy atom. The summed E-state index contributed by atoms with van der Waals surface area (Å²) in [5, 5.41) is 13.5. The molecule has 0 bridgehead atoms. The number of nitrogens with zero attached hydrogens (tertiary/aromatic N) is 2. The largest absolute Gasteiger partial charge is 0.396 e. The molecule has 0 aromatic carbocycles. The SMILES string of the molecule is CN(C)CC(C)(O)CNc1nc(Cl)ccc1N. The minimum Gasteiger partial charge on any atom is -0.396 e. The molecule has 0 spiro atoms. The monoisotopic (exact) mass is 258 g/mol. The first kappa shape index (κ1) is 14.0. The van der Waals surface area contributed by atoms with Crippen LogP contribution in [0, 0.1) is 0 Å². The third-order valence-electron chi connectivity index (χ3n) is 2.19. The van der Waals surface area contributed by atoms with Crippen molar-refractivity contribution >= 4 is 23.1 Å². The highest BCUT2D eigenvalue weighted by molar-refractivity contribution is 6.29. The Labute approximate surface area is 107 Å². The first-order valence-corrected chi connectivity index (χ1v) is 5.71. The van der Waals surface area contributed by atoms with Gasteiger partial charge < -0.3 is 21.1 Å². The molecule has 0 saturated heterocycles. The molecular weight excluding hydrogens is 240 g/mol. The molecule has 5 nitrogen and oxygen atoms in total. The van der Waals surface area contributed by atoms with E-state index in [1.165, 1.54) is 0 Å². The predicted octanol–water partition coefficient (Wildman–Crippen LogP) is 1.04. The zero-order valence-electron chi connectivity index (χ0n) is 10.4. The summed E-state index contributed by atoms with van der Waals surface area (Å²) in [6.07, 6.45) is 0. The molecule has 0 fully saturated rings. The fourth-order valence-corrected chi connectivity index (χ4v) is 1.75. The number of likely N-dealkylation sites (N-methyl/N-ethyl adjacent to an activating group) is 1. The number of nitrogens with one attached hydrogen (secondary N) is 1. The number of anilines is 2. The molecule has 4 N–H and O–H groups in total. The maximum atomic E-state index is 10.1. The Morgan fingerprint density at radius 1 is 1.53 bits per heavy atom. The molecule has 0 aliphatic rings. The van der Waals surface area contributed by atoms with Crippen molar-refractivity contribution in [3.63, 3.8) is 0 Å². The van der Waals surface area contributed by atoms with E-state index in [-0.39, 0.29) is 0 Å². The number of hydrogen-bond donors (Lipinski definition) is 3. The lowest BCUT2D eigenvalue weighted by Gasteiger charge is -2.27. The van der Waals surface area contributed by atoms with Crippen molar-refractivity contribution < 1.29 is 5.11 Å². The predicted molar refractivity (Wildman–Crippen MR) is 71.3 cm³/mol. The smallest absolute Gasteiger partial charge is 0.151 e. The van der Waals surface area contributed by atoms with Gasteiger partial charge in [0.25, 0.3) is 0 Å². The molecule has 1 aromatic heterocycles. The van der Waals surface area contributed by atoms with Crippen LogP contribution in [0.1, 0.15) is 6.92 Å². The lowest BCUT2D eigenvalue weighted by molar-refractivity contribution is 0.0459. The summed E-state index contributed by atoms with van der Waals surface area (Å²) < 4.78 is 0. The van der Waals surface area contributed by atoms with Crippen LogP contribution in [0.3, 0.4) is 0 Å². The minimum absolute atomic E-state index is 0.350. The van der Waals surface area contributed by atoms with E-state index in [9.17, 15) is 5.11 Å². The molecule has 17 heavy (non-hydrogen) atoms. The van der Waals surface area contributed by atoms with Crippen LogP contribution in [0.25, 0.3) is 0 Å². The van der Waals surface area contributed by atoms with Gasteiger partial charge in [-0.1, -0.05) is 11.6 Å². The first-order valence-electron chi connectivity index (χ1n) is 5.33. The van der Waals surface area contributed by atoms with Crippen LogP contribution < -0.4 is 11.1 Å². The number of aliphatic hydroxyl groups is 1. The highest BCUT2D eigenvalue weighted by Crippen LogP contribution is 2.19. The molecule has 1 heterocycles. The van der Waals surface area contributed by atoms with Gasteiger partial charge in [-0.05, 0) is 33.2 Å². The van der Waals surface area contributed by atoms with E-state index in [0.29, 0.717) is 29.7 Å². The number of halogens is 1. The Morgan fingerprint density at radius 2 is 2.18 bits per heavy atom. The number of hydrogen-bond acceptors (Lipinski definition) is 5. The third kappa shape index (κ3) is 4.77. The van der Waals surface area contributed by atoms with Gasteiger partial charge in [0.1, 0.15) is 5.15 Å². The number of pyridine rings is 1. The Kier molecular flexibility index (Phi) is 4.56. The van der Waals surface area contributed by atoms with Gasteiger partial charge >= 0.3 is 0 Å². The van der Waals surface area contributed by atoms with Gasteiger partial charge in [-0.25, -0.2) is 4.98 Å². The summed E-state index contributed by atoms with van der Waals surface area (Å²) in [5.74, 6) is 0.497. The van der Waals surface area contributed by atoms with Crippen molar-refractivity contribution in [2.24, 2.45) is 0 Å². The average Bonchev–Trinajstić information content (AvgIpc) is 2.17. The van der Waals surface area contributed by atoms with Crippen LogP contribution in [0.15, 0.2) is 12.1 Å². The molecule has 96 valence electrons. The highest BCUT2D eigenvalue weighted by Gasteiger charge is 2.21. The molecule has 0 amide bonds. The molecule has 1 aromatic rings. The number of rotatable bonds is 5. The molecule has 0 aliphatic heterocycles. The molecule has 0 radical (unpaired) electrons. The molecule has 0 aliphatic carbocycles. The molecule has 0 saturated carbocycles. The van der Waals surface area contributed by atoms with E-state index in [0.717, 1.165) is 0 Å². The van der Waals surface area contributed by atoms with Crippen LogP contribution >= 0.6 is 11.6 Å². The Bertz CT molecular complexity index is 382. The van der Waals surface area contributed by atoms with Gasteiger partial charge in [0.2, 0.25) is 0 Å². The van der Waals surface area contributed by atoms with Crippen molar-refractivity contribution in [1.29, 1.82) is 0 Å². The summed E-state index contributed by atoms with van der Waals surface area (Å²) in [6.45, 7) is 2.64. The summed E-state index contributed by atoms with van der Waals surface area (Å²) in [5.41, 5.74) is 5.39. The Balaban J connectivity index is 2.63. The van der Waals surface area contributed by atoms with E-state index in [2.05, 4.69) is 10.3 Å². The second kappa shape index (κ2) is 5.53. The van der Waals surface area contributed by atoms with Crippen LogP contribution in [0.4, 0.5) is 11.5 Å². The fourth-order valence-electron chi connectivity index (χ4n) is 1.60. The summed E-state index contributed by atoms with van der Waals surface area (Å²) in [7, 11) is 3.81. The van der Waals surface area contributed by atoms with E-state index < -0.39 is 5.60 Å². The molecular formula is C11H19ClN4O. The fraction of sp³-hybridized carbons (Fsp3) is 0.545. The van der Waals surface area contributed by atoms with Gasteiger partial charge in [0, 0.05) is 13.1 Å². The van der Waals surface area contributed by atoms with Crippen molar-refractivity contribution in [2.45, 2.75) is 12.5 Å². The van der Waals surface area contributed by atoms with E-state index >= 15 is 0 Å². The van der Waals surface area contributed by atoms with Crippen LogP contribution in [0.2, 0.25) is 5.15 Å². The van der Waals surface area contributed by atoms with Crippen LogP contribution in [0.5, 0.6) is 0 Å². The van der Waals surface area contributed by atoms with Crippen LogP contribution in [-0.4, -0.2) is 47.8 Å². The topological polar surface area (TPSA) is 74.4 Å². The quantitative estimate of drug-likeness (QED) is 0.689. The maximum Gasteiger partial charge on any atom is 0.151 e. The van der Waals surface area contributed by atoms with E-state index in [1.807, 2.05) is 19.0 Å². The van der Waals surface area contributed by atoms with Crippen molar-refractivity contribution in [2.75, 3.05) is 38.2 Å². The molecule has 1 unspecified atom stereocenters. The lowest BCUT2D eigenvalue weighted by atomic mass is 10.1. The normalized spacial score (nSPS) is 14.7. The first-order chi connectivity index (χ1) is 7.80. The molecule has 1 rings (SSSR count). The van der Waals surface area contributed by atoms with Gasteiger partial charge in [-0.15, -0.1) is 0 Å². The second-order valence-corrected chi connectivity index (χ2v) is 5.05. The highest BCUT2D eigenvalue weighted by atomic mass is 35.5. The Hall–Kier alpha value is -1.04. The van der Waals surface area contributed by atoms with Crippen molar-refractivity contribution in [1.82, 2.24) is 9.88 Å². The third-order valence-corrected chi connectivity index (χ3v) is 2.40. The van der Waals surface area contributed by atoms with Crippen molar-refractivity contribution in [3.8, 4) is 0 Å². The van der Waals surface area contributed by atoms with Gasteiger partial charge in [0.15, 0.2) is 5.82 Å². The van der Waals surface area contributed by atoms with Gasteiger partial charge in [0.05, 0.1) is 11.3 Å². The van der Waals surface area contributed by atoms with E-state index in [4.69, 9.17) is 17.3 Å². The van der Waals surface area contributed by atoms with Crippen LogP contribution in [-0.2, 0) is 0 Å². The second-order valence-electron chi connectivity index (χ2n) is 4.66. The average molecular weight is 259 g/mol.